The molecule has 15 heavy (non-hydrogen) atoms. The molecule has 0 spiro atoms. The SMILES string of the molecule is CCC(C)NC(=O)CC1CCCCC1N. The number of rotatable bonds is 4. The normalized spacial score (nSPS) is 28.5. The quantitative estimate of drug-likeness (QED) is 0.746. The highest BCUT2D eigenvalue weighted by Crippen LogP contribution is 2.25. The highest BCUT2D eigenvalue weighted by atomic mass is 16.1. The number of hydrogen-bond acceptors (Lipinski definition) is 2. The third kappa shape index (κ3) is 4.20. The van der Waals surface area contributed by atoms with E-state index < -0.39 is 0 Å². The van der Waals surface area contributed by atoms with Gasteiger partial charge in [0.1, 0.15) is 0 Å². The molecule has 1 fully saturated rings. The largest absolute Gasteiger partial charge is 0.354 e. The summed E-state index contributed by atoms with van der Waals surface area (Å²) in [6, 6.07) is 0.527. The second-order valence-corrected chi connectivity index (χ2v) is 4.79. The molecule has 0 aliphatic heterocycles. The van der Waals surface area contributed by atoms with Gasteiger partial charge in [-0.15, -0.1) is 0 Å². The van der Waals surface area contributed by atoms with Crippen LogP contribution in [0.3, 0.4) is 0 Å². The van der Waals surface area contributed by atoms with Crippen molar-refractivity contribution in [3.05, 3.63) is 0 Å². The van der Waals surface area contributed by atoms with Crippen LogP contribution in [-0.2, 0) is 4.79 Å². The van der Waals surface area contributed by atoms with E-state index in [0.29, 0.717) is 12.3 Å². The zero-order valence-corrected chi connectivity index (χ0v) is 9.96. The lowest BCUT2D eigenvalue weighted by molar-refractivity contribution is -0.123. The van der Waals surface area contributed by atoms with Gasteiger partial charge in [-0.2, -0.15) is 0 Å². The molecule has 1 amide bonds. The molecule has 88 valence electrons. The van der Waals surface area contributed by atoms with Gasteiger partial charge in [-0.25, -0.2) is 0 Å². The number of nitrogens with two attached hydrogens (primary N) is 1. The van der Waals surface area contributed by atoms with E-state index in [1.54, 1.807) is 0 Å². The Bertz CT molecular complexity index is 206. The van der Waals surface area contributed by atoms with E-state index >= 15 is 0 Å². The van der Waals surface area contributed by atoms with E-state index in [9.17, 15) is 4.79 Å². The van der Waals surface area contributed by atoms with Crippen LogP contribution in [0.1, 0.15) is 52.4 Å². The van der Waals surface area contributed by atoms with Crippen LogP contribution in [0.2, 0.25) is 0 Å². The molecule has 0 heterocycles. The number of amides is 1. The van der Waals surface area contributed by atoms with Gasteiger partial charge in [0.2, 0.25) is 5.91 Å². The Hall–Kier alpha value is -0.570. The lowest BCUT2D eigenvalue weighted by Crippen LogP contribution is -2.39. The molecule has 0 bridgehead atoms. The zero-order chi connectivity index (χ0) is 11.3. The number of carbonyl (C=O) groups is 1. The second-order valence-electron chi connectivity index (χ2n) is 4.79. The van der Waals surface area contributed by atoms with Gasteiger partial charge in [-0.05, 0) is 32.1 Å². The zero-order valence-electron chi connectivity index (χ0n) is 9.96. The van der Waals surface area contributed by atoms with Crippen LogP contribution in [-0.4, -0.2) is 18.0 Å². The van der Waals surface area contributed by atoms with Gasteiger partial charge in [0.15, 0.2) is 0 Å². The van der Waals surface area contributed by atoms with Gasteiger partial charge in [0.05, 0.1) is 0 Å². The number of carbonyl (C=O) groups excluding carboxylic acids is 1. The predicted molar refractivity (Wildman–Crippen MR) is 62.4 cm³/mol. The maximum atomic E-state index is 11.7. The lowest BCUT2D eigenvalue weighted by atomic mass is 9.83. The van der Waals surface area contributed by atoms with Crippen LogP contribution in [0.4, 0.5) is 0 Å². The minimum absolute atomic E-state index is 0.173. The molecule has 0 aromatic rings. The molecule has 0 aromatic carbocycles. The Morgan fingerprint density at radius 3 is 2.73 bits per heavy atom. The van der Waals surface area contributed by atoms with Crippen LogP contribution in [0.25, 0.3) is 0 Å². The van der Waals surface area contributed by atoms with Crippen LogP contribution in [0.5, 0.6) is 0 Å². The number of hydrogen-bond donors (Lipinski definition) is 2. The summed E-state index contributed by atoms with van der Waals surface area (Å²) in [7, 11) is 0. The van der Waals surface area contributed by atoms with Crippen molar-refractivity contribution in [2.24, 2.45) is 11.7 Å². The van der Waals surface area contributed by atoms with Crippen molar-refractivity contribution in [2.75, 3.05) is 0 Å². The van der Waals surface area contributed by atoms with E-state index in [0.717, 1.165) is 19.3 Å². The lowest BCUT2D eigenvalue weighted by Gasteiger charge is -2.28. The van der Waals surface area contributed by atoms with Gasteiger partial charge in [-0.3, -0.25) is 4.79 Å². The van der Waals surface area contributed by atoms with Crippen molar-refractivity contribution in [2.45, 2.75) is 64.5 Å². The first-order valence-corrected chi connectivity index (χ1v) is 6.18. The molecule has 3 atom stereocenters. The first-order valence-electron chi connectivity index (χ1n) is 6.18. The summed E-state index contributed by atoms with van der Waals surface area (Å²) in [5.41, 5.74) is 6.01. The smallest absolute Gasteiger partial charge is 0.220 e. The highest BCUT2D eigenvalue weighted by Gasteiger charge is 2.24. The molecule has 1 saturated carbocycles. The maximum Gasteiger partial charge on any atom is 0.220 e. The second kappa shape index (κ2) is 6.11. The molecule has 3 heteroatoms. The van der Waals surface area contributed by atoms with Crippen molar-refractivity contribution in [3.63, 3.8) is 0 Å². The van der Waals surface area contributed by atoms with Crippen LogP contribution in [0.15, 0.2) is 0 Å². The van der Waals surface area contributed by atoms with Gasteiger partial charge in [0, 0.05) is 18.5 Å². The first kappa shape index (κ1) is 12.5. The number of nitrogens with one attached hydrogen (secondary N) is 1. The third-order valence-corrected chi connectivity index (χ3v) is 3.44. The van der Waals surface area contributed by atoms with E-state index in [1.165, 1.54) is 12.8 Å². The summed E-state index contributed by atoms with van der Waals surface area (Å²) in [4.78, 5) is 11.7. The van der Waals surface area contributed by atoms with Crippen LogP contribution in [0, 0.1) is 5.92 Å². The molecule has 1 rings (SSSR count). The Kier molecular flexibility index (Phi) is 5.09. The standard InChI is InChI=1S/C12H24N2O/c1-3-9(2)14-12(15)8-10-6-4-5-7-11(10)13/h9-11H,3-8,13H2,1-2H3,(H,14,15). The topological polar surface area (TPSA) is 55.1 Å². The molecular weight excluding hydrogens is 188 g/mol. The van der Waals surface area contributed by atoms with Gasteiger partial charge in [0.25, 0.3) is 0 Å². The molecule has 3 N–H and O–H groups in total. The van der Waals surface area contributed by atoms with E-state index in [-0.39, 0.29) is 18.0 Å². The predicted octanol–water partition coefficient (Wildman–Crippen LogP) is 1.81. The van der Waals surface area contributed by atoms with Crippen LogP contribution >= 0.6 is 0 Å². The van der Waals surface area contributed by atoms with E-state index in [1.807, 2.05) is 6.92 Å². The molecule has 0 radical (unpaired) electrons. The Morgan fingerprint density at radius 2 is 2.13 bits per heavy atom. The van der Waals surface area contributed by atoms with Crippen LogP contribution < -0.4 is 11.1 Å². The summed E-state index contributed by atoms with van der Waals surface area (Å²) >= 11 is 0. The van der Waals surface area contributed by atoms with E-state index in [2.05, 4.69) is 12.2 Å². The Labute approximate surface area is 92.8 Å². The van der Waals surface area contributed by atoms with Gasteiger partial charge < -0.3 is 11.1 Å². The fourth-order valence-electron chi connectivity index (χ4n) is 2.16. The van der Waals surface area contributed by atoms with Crippen molar-refractivity contribution in [1.29, 1.82) is 0 Å². The van der Waals surface area contributed by atoms with Gasteiger partial charge >= 0.3 is 0 Å². The monoisotopic (exact) mass is 212 g/mol. The minimum Gasteiger partial charge on any atom is -0.354 e. The Balaban J connectivity index is 2.29. The average molecular weight is 212 g/mol. The summed E-state index contributed by atoms with van der Waals surface area (Å²) in [5.74, 6) is 0.578. The summed E-state index contributed by atoms with van der Waals surface area (Å²) in [6.07, 6.45) is 6.27. The summed E-state index contributed by atoms with van der Waals surface area (Å²) < 4.78 is 0. The molecule has 0 aromatic heterocycles. The summed E-state index contributed by atoms with van der Waals surface area (Å²) in [5, 5.41) is 3.00. The molecule has 3 unspecified atom stereocenters. The average Bonchev–Trinajstić information content (AvgIpc) is 2.21. The van der Waals surface area contributed by atoms with Crippen molar-refractivity contribution in [3.8, 4) is 0 Å². The molecule has 0 saturated heterocycles. The van der Waals surface area contributed by atoms with Gasteiger partial charge in [-0.1, -0.05) is 19.8 Å². The highest BCUT2D eigenvalue weighted by molar-refractivity contribution is 5.76. The maximum absolute atomic E-state index is 11.7. The third-order valence-electron chi connectivity index (χ3n) is 3.44. The fraction of sp³-hybridized carbons (Fsp3) is 0.917. The van der Waals surface area contributed by atoms with Crippen molar-refractivity contribution >= 4 is 5.91 Å². The minimum atomic E-state index is 0.173. The fourth-order valence-corrected chi connectivity index (χ4v) is 2.16. The van der Waals surface area contributed by atoms with Crippen molar-refractivity contribution in [1.82, 2.24) is 5.32 Å². The molecular formula is C12H24N2O. The van der Waals surface area contributed by atoms with E-state index in [4.69, 9.17) is 5.73 Å². The molecule has 3 nitrogen and oxygen atoms in total. The molecule has 1 aliphatic rings. The summed E-state index contributed by atoms with van der Waals surface area (Å²) in [6.45, 7) is 4.12. The molecule has 1 aliphatic carbocycles. The first-order chi connectivity index (χ1) is 7.13. The van der Waals surface area contributed by atoms with Crippen molar-refractivity contribution < 1.29 is 4.79 Å². The Morgan fingerprint density at radius 1 is 1.47 bits per heavy atom.